The number of hydrogen-bond acceptors (Lipinski definition) is 19. The van der Waals surface area contributed by atoms with Crippen LogP contribution in [0.5, 0.6) is 0 Å². The van der Waals surface area contributed by atoms with Crippen molar-refractivity contribution in [2.75, 3.05) is 53.2 Å². The molecule has 1 N–H and O–H groups in total. The topological polar surface area (TPSA) is 204 Å². The fourth-order valence-electron chi connectivity index (χ4n) is 16.7. The molecule has 432 valence electrons. The molecule has 0 amide bonds. The van der Waals surface area contributed by atoms with E-state index in [1.165, 1.54) is 0 Å². The number of carbonyl (C=O) groups excluding carboxylic acids is 3. The first-order valence-corrected chi connectivity index (χ1v) is 29.4. The highest BCUT2D eigenvalue weighted by atomic mass is 17.3. The molecule has 19 heteroatoms. The molecule has 0 radical (unpaired) electrons. The SMILES string of the molecule is COC(CC(=O)OCCN(CCOC(=O)CC1O[C@@H]2O[C@@H](C)CCC3CCC[C@@H]([C@H]1C)[C@]32OO)CCOC(=O)CC1O[C@@H]2O[C@@]3(C)CC[C@H]4[C@H](C)CC[C@@H]([C@H]1C)[C@@]24OO3)[C@H](C)[C@@H]1CC[C@@H](C)[C@@H]2CC[C@]3(C)OC[C@@]21OO3. The Bertz CT molecular complexity index is 2020. The van der Waals surface area contributed by atoms with Crippen LogP contribution >= 0.6 is 0 Å². The number of ether oxygens (including phenoxy) is 9. The van der Waals surface area contributed by atoms with Crippen molar-refractivity contribution in [3.8, 4) is 0 Å². The van der Waals surface area contributed by atoms with Crippen LogP contribution in [0.4, 0.5) is 0 Å². The molecule has 9 heterocycles. The van der Waals surface area contributed by atoms with Crippen molar-refractivity contribution in [3.63, 3.8) is 0 Å². The van der Waals surface area contributed by atoms with E-state index in [1.54, 1.807) is 7.11 Å². The van der Waals surface area contributed by atoms with Gasteiger partial charge in [-0.05, 0) is 138 Å². The van der Waals surface area contributed by atoms with Gasteiger partial charge in [-0.1, -0.05) is 41.0 Å². The predicted octanol–water partition coefficient (Wildman–Crippen LogP) is 8.08. The molecule has 76 heavy (non-hydrogen) atoms. The van der Waals surface area contributed by atoms with E-state index in [0.717, 1.165) is 77.0 Å². The van der Waals surface area contributed by atoms with E-state index in [4.69, 9.17) is 67.1 Å². The lowest BCUT2D eigenvalue weighted by Gasteiger charge is -2.60. The second-order valence-electron chi connectivity index (χ2n) is 25.6. The highest BCUT2D eigenvalue weighted by molar-refractivity contribution is 5.71. The maximum absolute atomic E-state index is 13.7. The average molecular weight is 1080 g/mol. The number of nitrogens with zero attached hydrogens (tertiary/aromatic N) is 1. The van der Waals surface area contributed by atoms with Gasteiger partial charge in [-0.3, -0.25) is 24.5 Å². The van der Waals surface area contributed by atoms with E-state index >= 15 is 0 Å². The first-order valence-electron chi connectivity index (χ1n) is 29.4. The second kappa shape index (κ2) is 23.0. The van der Waals surface area contributed by atoms with Crippen molar-refractivity contribution in [1.29, 1.82) is 0 Å². The third kappa shape index (κ3) is 10.7. The van der Waals surface area contributed by atoms with Gasteiger partial charge in [-0.15, -0.1) is 0 Å². The monoisotopic (exact) mass is 1080 g/mol. The van der Waals surface area contributed by atoms with E-state index in [0.29, 0.717) is 38.0 Å². The lowest BCUT2D eigenvalue weighted by Crippen LogP contribution is -2.70. The molecule has 0 aromatic rings. The van der Waals surface area contributed by atoms with Crippen LogP contribution in [0.3, 0.4) is 0 Å². The van der Waals surface area contributed by atoms with Gasteiger partial charge < -0.3 is 42.6 Å². The molecule has 0 aromatic carbocycles. The molecule has 9 saturated heterocycles. The fraction of sp³-hybridized carbons (Fsp3) is 0.947. The van der Waals surface area contributed by atoms with Gasteiger partial charge in [0.15, 0.2) is 29.6 Å². The normalized spacial score (nSPS) is 46.2. The summed E-state index contributed by atoms with van der Waals surface area (Å²) >= 11 is 0. The molecule has 0 aromatic heterocycles. The van der Waals surface area contributed by atoms with Crippen molar-refractivity contribution in [3.05, 3.63) is 0 Å². The summed E-state index contributed by atoms with van der Waals surface area (Å²) in [6.07, 6.45) is 8.91. The van der Waals surface area contributed by atoms with Gasteiger partial charge in [0.05, 0.1) is 50.3 Å². The molecule has 3 aliphatic carbocycles. The Morgan fingerprint density at radius 1 is 0.645 bits per heavy atom. The Kier molecular flexibility index (Phi) is 17.3. The van der Waals surface area contributed by atoms with Crippen LogP contribution in [0.2, 0.25) is 0 Å². The molecule has 2 spiro atoms. The zero-order valence-electron chi connectivity index (χ0n) is 46.9. The zero-order chi connectivity index (χ0) is 53.8. The van der Waals surface area contributed by atoms with Crippen LogP contribution in [0, 0.1) is 65.1 Å². The summed E-state index contributed by atoms with van der Waals surface area (Å²) in [6, 6.07) is 0. The van der Waals surface area contributed by atoms with Crippen molar-refractivity contribution < 1.29 is 86.7 Å². The Balaban J connectivity index is 0.751. The van der Waals surface area contributed by atoms with Crippen molar-refractivity contribution >= 4 is 17.9 Å². The number of hydrogen-bond donors (Lipinski definition) is 1. The van der Waals surface area contributed by atoms with Crippen LogP contribution in [-0.2, 0) is 81.5 Å². The highest BCUT2D eigenvalue weighted by Crippen LogP contribution is 2.62. The third-order valence-corrected chi connectivity index (χ3v) is 21.3. The molecular weight excluding hydrogens is 987 g/mol. The maximum atomic E-state index is 13.7. The molecule has 22 atom stereocenters. The van der Waals surface area contributed by atoms with Gasteiger partial charge in [0, 0.05) is 51.4 Å². The number of methoxy groups -OCH3 is 1. The average Bonchev–Trinajstić information content (AvgIpc) is 3.85. The smallest absolute Gasteiger partial charge is 0.308 e. The second-order valence-corrected chi connectivity index (χ2v) is 25.6. The summed E-state index contributed by atoms with van der Waals surface area (Å²) in [5.74, 6) is -1.54. The van der Waals surface area contributed by atoms with E-state index in [1.807, 2.05) is 25.7 Å². The summed E-state index contributed by atoms with van der Waals surface area (Å²) in [5.41, 5.74) is -2.33. The molecule has 9 aliphatic heterocycles. The largest absolute Gasteiger partial charge is 0.464 e. The van der Waals surface area contributed by atoms with Crippen LogP contribution in [0.1, 0.15) is 158 Å². The third-order valence-electron chi connectivity index (χ3n) is 21.3. The van der Waals surface area contributed by atoms with Crippen LogP contribution in [0.25, 0.3) is 0 Å². The zero-order valence-corrected chi connectivity index (χ0v) is 46.9. The first kappa shape index (κ1) is 57.1. The lowest BCUT2D eigenvalue weighted by molar-refractivity contribution is -0.571. The summed E-state index contributed by atoms with van der Waals surface area (Å²) in [7, 11) is 1.63. The maximum Gasteiger partial charge on any atom is 0.308 e. The van der Waals surface area contributed by atoms with Crippen molar-refractivity contribution in [1.82, 2.24) is 4.90 Å². The highest BCUT2D eigenvalue weighted by Gasteiger charge is 2.70. The molecule has 12 aliphatic rings. The Hall–Kier alpha value is -2.11. The van der Waals surface area contributed by atoms with Gasteiger partial charge >= 0.3 is 17.9 Å². The van der Waals surface area contributed by atoms with E-state index in [9.17, 15) is 19.6 Å². The van der Waals surface area contributed by atoms with Crippen LogP contribution in [-0.4, -0.2) is 147 Å². The van der Waals surface area contributed by atoms with Gasteiger partial charge in [0.2, 0.25) is 5.79 Å². The Morgan fingerprint density at radius 2 is 1.26 bits per heavy atom. The van der Waals surface area contributed by atoms with Gasteiger partial charge in [0.1, 0.15) is 25.4 Å². The lowest BCUT2D eigenvalue weighted by atomic mass is 9.57. The minimum atomic E-state index is -0.975. The molecule has 3 saturated carbocycles. The van der Waals surface area contributed by atoms with Gasteiger partial charge in [0.25, 0.3) is 0 Å². The molecule has 12 fully saturated rings. The molecule has 19 nitrogen and oxygen atoms in total. The first-order chi connectivity index (χ1) is 36.4. The van der Waals surface area contributed by atoms with Gasteiger partial charge in [-0.2, -0.15) is 0 Å². The van der Waals surface area contributed by atoms with Crippen LogP contribution in [0.15, 0.2) is 0 Å². The standard InChI is InChI=1S/C57H91NO18/c1-33-13-17-42(55-32-67-53(7,73-75-55)21-19-40(33)55)36(4)45(63-9)29-48(59)64-26-23-58(24-27-65-49(60)30-46-37(5)43-12-10-11-39-16-15-35(3)68-51(69-46)56(39,43)72-62)25-28-66-50(61)31-47-38(6)44-18-14-34(2)41-20-22-54(8)71-52(70-47)57(41,44)76-74-54/h33-47,51-52,62H,10-32H2,1-9H3/t33-,34-,35+,36-,37-,38-,39?,40+,41+,42+,43+,44+,45?,46?,47?,51+,52-,53-,54-,55-,56-,57-/m1/s1. The molecule has 4 unspecified atom stereocenters. The Labute approximate surface area is 450 Å². The number of fused-ring (bicyclic) bond motifs is 5. The number of carbonyl (C=O) groups is 3. The molecular formula is C57H91NO18. The van der Waals surface area contributed by atoms with Gasteiger partial charge in [-0.25, -0.2) is 24.4 Å². The number of rotatable bonds is 19. The summed E-state index contributed by atoms with van der Waals surface area (Å²) in [5, 5.41) is 10.5. The molecule has 12 rings (SSSR count). The summed E-state index contributed by atoms with van der Waals surface area (Å²) in [6.45, 7) is 18.1. The van der Waals surface area contributed by atoms with Crippen molar-refractivity contribution in [2.24, 2.45) is 65.1 Å². The van der Waals surface area contributed by atoms with E-state index < -0.39 is 77.2 Å². The van der Waals surface area contributed by atoms with Crippen molar-refractivity contribution in [2.45, 2.75) is 223 Å². The minimum absolute atomic E-state index is 0.00716. The summed E-state index contributed by atoms with van der Waals surface area (Å²) in [4.78, 5) is 73.0. The number of esters is 3. The minimum Gasteiger partial charge on any atom is -0.464 e. The van der Waals surface area contributed by atoms with E-state index in [-0.39, 0.29) is 105 Å². The predicted molar refractivity (Wildman–Crippen MR) is 269 cm³/mol. The quantitative estimate of drug-likeness (QED) is 0.0562. The summed E-state index contributed by atoms with van der Waals surface area (Å²) < 4.78 is 56.1. The van der Waals surface area contributed by atoms with E-state index in [2.05, 4.69) is 34.6 Å². The fourth-order valence-corrected chi connectivity index (χ4v) is 16.7. The molecule has 4 bridgehead atoms. The Morgan fingerprint density at radius 3 is 1.93 bits per heavy atom. The van der Waals surface area contributed by atoms with Crippen LogP contribution < -0.4 is 0 Å².